The molecule has 0 aliphatic rings. The van der Waals surface area contributed by atoms with Crippen molar-refractivity contribution in [2.45, 2.75) is 19.9 Å². The van der Waals surface area contributed by atoms with E-state index in [1.54, 1.807) is 4.90 Å². The summed E-state index contributed by atoms with van der Waals surface area (Å²) in [6.07, 6.45) is 0. The van der Waals surface area contributed by atoms with Crippen LogP contribution in [0.5, 0.6) is 0 Å². The molecule has 2 unspecified atom stereocenters. The van der Waals surface area contributed by atoms with Gasteiger partial charge in [-0.3, -0.25) is 4.79 Å². The minimum absolute atomic E-state index is 0.0446. The Labute approximate surface area is 119 Å². The highest BCUT2D eigenvalue weighted by Crippen LogP contribution is 2.27. The zero-order valence-corrected chi connectivity index (χ0v) is 12.5. The lowest BCUT2D eigenvalue weighted by molar-refractivity contribution is -0.135. The third kappa shape index (κ3) is 2.85. The molecule has 0 bridgehead atoms. The van der Waals surface area contributed by atoms with Crippen molar-refractivity contribution in [3.8, 4) is 0 Å². The molecule has 4 nitrogen and oxygen atoms in total. The van der Waals surface area contributed by atoms with Gasteiger partial charge in [-0.15, -0.1) is 0 Å². The third-order valence-electron chi connectivity index (χ3n) is 3.72. The minimum Gasteiger partial charge on any atom is -0.459 e. The molecular formula is C16H22N2O2. The number of rotatable bonds is 5. The second-order valence-electron chi connectivity index (χ2n) is 5.27. The maximum Gasteiger partial charge on any atom is 0.227 e. The number of carbonyl (C=O) groups is 1. The molecule has 0 saturated heterocycles. The Balaban J connectivity index is 2.17. The predicted octanol–water partition coefficient (Wildman–Crippen LogP) is 2.81. The first kappa shape index (κ1) is 14.6. The molecule has 1 N–H and O–H groups in total. The van der Waals surface area contributed by atoms with Crippen molar-refractivity contribution in [2.24, 2.45) is 5.92 Å². The van der Waals surface area contributed by atoms with Crippen molar-refractivity contribution in [2.75, 3.05) is 20.6 Å². The molecular weight excluding hydrogens is 252 g/mol. The Morgan fingerprint density at radius 2 is 2.05 bits per heavy atom. The second kappa shape index (κ2) is 6.09. The first-order chi connectivity index (χ1) is 9.54. The lowest BCUT2D eigenvalue weighted by Gasteiger charge is -2.26. The van der Waals surface area contributed by atoms with Gasteiger partial charge in [0, 0.05) is 24.9 Å². The van der Waals surface area contributed by atoms with E-state index < -0.39 is 0 Å². The Bertz CT molecular complexity index is 558. The number of hydrogen-bond donors (Lipinski definition) is 1. The number of carbonyl (C=O) groups excluding carboxylic acids is 1. The second-order valence-corrected chi connectivity index (χ2v) is 5.27. The fraction of sp³-hybridized carbons (Fsp3) is 0.438. The predicted molar refractivity (Wildman–Crippen MR) is 80.5 cm³/mol. The van der Waals surface area contributed by atoms with Gasteiger partial charge >= 0.3 is 0 Å². The van der Waals surface area contributed by atoms with Crippen molar-refractivity contribution >= 4 is 16.9 Å². The smallest absolute Gasteiger partial charge is 0.227 e. The van der Waals surface area contributed by atoms with Crippen molar-refractivity contribution in [1.82, 2.24) is 10.2 Å². The summed E-state index contributed by atoms with van der Waals surface area (Å²) in [5.41, 5.74) is 0.860. The normalized spacial score (nSPS) is 14.2. The van der Waals surface area contributed by atoms with Crippen molar-refractivity contribution < 1.29 is 9.21 Å². The monoisotopic (exact) mass is 274 g/mol. The largest absolute Gasteiger partial charge is 0.459 e. The van der Waals surface area contributed by atoms with E-state index in [9.17, 15) is 4.79 Å². The van der Waals surface area contributed by atoms with Crippen molar-refractivity contribution in [3.63, 3.8) is 0 Å². The summed E-state index contributed by atoms with van der Waals surface area (Å²) in [4.78, 5) is 14.1. The first-order valence-corrected chi connectivity index (χ1v) is 6.94. The van der Waals surface area contributed by atoms with Crippen LogP contribution in [0.15, 0.2) is 34.7 Å². The molecule has 1 aromatic carbocycles. The molecule has 0 aliphatic carbocycles. The Morgan fingerprint density at radius 3 is 2.70 bits per heavy atom. The quantitative estimate of drug-likeness (QED) is 0.912. The number of amides is 1. The van der Waals surface area contributed by atoms with E-state index in [4.69, 9.17) is 4.42 Å². The summed E-state index contributed by atoms with van der Waals surface area (Å²) in [5, 5.41) is 4.10. The SMILES string of the molecule is CNCC(C)C(=O)N(C)C(C)c1cc2ccccc2o1. The molecule has 1 amide bonds. The Hall–Kier alpha value is -1.81. The fourth-order valence-electron chi connectivity index (χ4n) is 2.33. The molecule has 0 spiro atoms. The average Bonchev–Trinajstić information content (AvgIpc) is 2.89. The lowest BCUT2D eigenvalue weighted by Crippen LogP contribution is -2.37. The minimum atomic E-state index is -0.0748. The summed E-state index contributed by atoms with van der Waals surface area (Å²) in [5.74, 6) is 0.892. The average molecular weight is 274 g/mol. The maximum atomic E-state index is 12.3. The summed E-state index contributed by atoms with van der Waals surface area (Å²) in [7, 11) is 3.68. The van der Waals surface area contributed by atoms with Gasteiger partial charge in [0.15, 0.2) is 0 Å². The topological polar surface area (TPSA) is 45.5 Å². The van der Waals surface area contributed by atoms with E-state index in [-0.39, 0.29) is 17.9 Å². The summed E-state index contributed by atoms with van der Waals surface area (Å²) < 4.78 is 5.83. The van der Waals surface area contributed by atoms with Crippen LogP contribution < -0.4 is 5.32 Å². The molecule has 108 valence electrons. The molecule has 0 saturated carbocycles. The molecule has 4 heteroatoms. The molecule has 0 fully saturated rings. The number of nitrogens with one attached hydrogen (secondary N) is 1. The standard InChI is InChI=1S/C16H22N2O2/c1-11(10-17-3)16(19)18(4)12(2)15-9-13-7-5-6-8-14(13)20-15/h5-9,11-12,17H,10H2,1-4H3. The highest BCUT2D eigenvalue weighted by atomic mass is 16.3. The molecule has 2 atom stereocenters. The summed E-state index contributed by atoms with van der Waals surface area (Å²) in [6.45, 7) is 4.60. The molecule has 2 aromatic rings. The molecule has 1 heterocycles. The number of benzene rings is 1. The Kier molecular flexibility index (Phi) is 4.45. The van der Waals surface area contributed by atoms with Crippen molar-refractivity contribution in [1.29, 1.82) is 0 Å². The highest BCUT2D eigenvalue weighted by Gasteiger charge is 2.24. The van der Waals surface area contributed by atoms with Gasteiger partial charge in [-0.25, -0.2) is 0 Å². The van der Waals surface area contributed by atoms with Gasteiger partial charge in [0.1, 0.15) is 11.3 Å². The van der Waals surface area contributed by atoms with Crippen molar-refractivity contribution in [3.05, 3.63) is 36.1 Å². The number of fused-ring (bicyclic) bond motifs is 1. The van der Waals surface area contributed by atoms with Crippen LogP contribution in [0.1, 0.15) is 25.6 Å². The number of para-hydroxylation sites is 1. The molecule has 0 aliphatic heterocycles. The van der Waals surface area contributed by atoms with Crippen LogP contribution in [-0.2, 0) is 4.79 Å². The molecule has 2 rings (SSSR count). The zero-order chi connectivity index (χ0) is 14.7. The fourth-order valence-corrected chi connectivity index (χ4v) is 2.33. The lowest BCUT2D eigenvalue weighted by atomic mass is 10.1. The van der Waals surface area contributed by atoms with Gasteiger partial charge in [0.2, 0.25) is 5.91 Å². The van der Waals surface area contributed by atoms with E-state index in [1.807, 2.05) is 58.3 Å². The van der Waals surface area contributed by atoms with Gasteiger partial charge in [-0.2, -0.15) is 0 Å². The van der Waals surface area contributed by atoms with Crippen LogP contribution in [0, 0.1) is 5.92 Å². The first-order valence-electron chi connectivity index (χ1n) is 6.94. The number of hydrogen-bond acceptors (Lipinski definition) is 3. The van der Waals surface area contributed by atoms with Gasteiger partial charge in [0.05, 0.1) is 6.04 Å². The maximum absolute atomic E-state index is 12.3. The van der Waals surface area contributed by atoms with Crippen LogP contribution in [-0.4, -0.2) is 31.4 Å². The van der Waals surface area contributed by atoms with Crippen LogP contribution in [0.3, 0.4) is 0 Å². The summed E-state index contributed by atoms with van der Waals surface area (Å²) >= 11 is 0. The van der Waals surface area contributed by atoms with E-state index in [2.05, 4.69) is 5.32 Å². The highest BCUT2D eigenvalue weighted by molar-refractivity contribution is 5.80. The number of nitrogens with zero attached hydrogens (tertiary/aromatic N) is 1. The third-order valence-corrected chi connectivity index (χ3v) is 3.72. The van der Waals surface area contributed by atoms with E-state index >= 15 is 0 Å². The van der Waals surface area contributed by atoms with Crippen LogP contribution in [0.2, 0.25) is 0 Å². The molecule has 20 heavy (non-hydrogen) atoms. The van der Waals surface area contributed by atoms with Gasteiger partial charge in [-0.05, 0) is 26.1 Å². The van der Waals surface area contributed by atoms with Gasteiger partial charge in [-0.1, -0.05) is 25.1 Å². The van der Waals surface area contributed by atoms with E-state index in [1.165, 1.54) is 0 Å². The summed E-state index contributed by atoms with van der Waals surface area (Å²) in [6, 6.07) is 9.82. The van der Waals surface area contributed by atoms with Gasteiger partial charge in [0.25, 0.3) is 0 Å². The van der Waals surface area contributed by atoms with Gasteiger partial charge < -0.3 is 14.6 Å². The Morgan fingerprint density at radius 1 is 1.35 bits per heavy atom. The van der Waals surface area contributed by atoms with E-state index in [0.29, 0.717) is 6.54 Å². The number of furan rings is 1. The zero-order valence-electron chi connectivity index (χ0n) is 12.5. The van der Waals surface area contributed by atoms with Crippen LogP contribution in [0.4, 0.5) is 0 Å². The molecule has 1 aromatic heterocycles. The van der Waals surface area contributed by atoms with E-state index in [0.717, 1.165) is 16.7 Å². The van der Waals surface area contributed by atoms with Crippen LogP contribution in [0.25, 0.3) is 11.0 Å². The van der Waals surface area contributed by atoms with Crippen LogP contribution >= 0.6 is 0 Å². The molecule has 0 radical (unpaired) electrons.